The van der Waals surface area contributed by atoms with Crippen molar-refractivity contribution in [1.82, 2.24) is 4.90 Å². The van der Waals surface area contributed by atoms with Crippen LogP contribution in [0.5, 0.6) is 0 Å². The summed E-state index contributed by atoms with van der Waals surface area (Å²) in [5, 5.41) is 24.5. The van der Waals surface area contributed by atoms with Crippen LogP contribution in [-0.4, -0.2) is 87.8 Å². The minimum atomic E-state index is -2.17. The number of carbonyl (C=O) groups is 4. The number of Topliss-reactive ketones (excluding diaryl/α,β-unsaturated/α-hetero) is 1. The zero-order valence-electron chi connectivity index (χ0n) is 27.2. The Morgan fingerprint density at radius 1 is 1.04 bits per heavy atom. The summed E-state index contributed by atoms with van der Waals surface area (Å²) in [6.07, 6.45) is 0.803. The highest BCUT2D eigenvalue weighted by molar-refractivity contribution is 6.09. The predicted octanol–water partition coefficient (Wildman–Crippen LogP) is 3.14. The van der Waals surface area contributed by atoms with Crippen molar-refractivity contribution in [2.24, 2.45) is 45.8 Å². The van der Waals surface area contributed by atoms with Crippen LogP contribution in [-0.2, 0) is 33.3 Å². The van der Waals surface area contributed by atoms with Crippen molar-refractivity contribution >= 4 is 23.8 Å². The van der Waals surface area contributed by atoms with Crippen LogP contribution >= 0.6 is 0 Å². The first-order valence-corrected chi connectivity index (χ1v) is 16.6. The van der Waals surface area contributed by atoms with E-state index in [4.69, 9.17) is 18.9 Å². The lowest BCUT2D eigenvalue weighted by molar-refractivity contribution is -0.483. The van der Waals surface area contributed by atoms with Crippen LogP contribution in [0.15, 0.2) is 12.2 Å². The molecule has 1 amide bonds. The number of amides is 1. The maximum absolute atomic E-state index is 14.9. The van der Waals surface area contributed by atoms with E-state index in [1.54, 1.807) is 25.7 Å². The van der Waals surface area contributed by atoms with Crippen LogP contribution in [0.25, 0.3) is 0 Å². The molecule has 11 nitrogen and oxygen atoms in total. The van der Waals surface area contributed by atoms with E-state index in [0.717, 1.165) is 0 Å². The summed E-state index contributed by atoms with van der Waals surface area (Å²) in [4.78, 5) is 55.0. The number of nitrogens with zero attached hydrogens (tertiary/aromatic N) is 1. The molecule has 3 aliphatic heterocycles. The van der Waals surface area contributed by atoms with Gasteiger partial charge in [-0.1, -0.05) is 20.4 Å². The molecule has 2 spiro atoms. The van der Waals surface area contributed by atoms with Gasteiger partial charge in [-0.3, -0.25) is 14.4 Å². The SMILES string of the molecule is C=C1[C@@H]2CC[C@@H]3C4(C(=O)C1(OC(=O)C1CCN(C(=O)OC(C)(C)C)CC1)[C@H]24)[C@]1(O)OC[C@]32[C@@H](OC(C)=O)CCC(C)(C)[C@H]2[C@@H]1O. The third-order valence-electron chi connectivity index (χ3n) is 12.9. The zero-order chi connectivity index (χ0) is 32.7. The molecule has 0 aromatic carbocycles. The Labute approximate surface area is 264 Å². The Kier molecular flexibility index (Phi) is 6.44. The number of aliphatic hydroxyl groups excluding tert-OH is 1. The van der Waals surface area contributed by atoms with E-state index in [1.165, 1.54) is 6.92 Å². The van der Waals surface area contributed by atoms with Gasteiger partial charge in [0.05, 0.1) is 12.5 Å². The van der Waals surface area contributed by atoms with Gasteiger partial charge in [0.25, 0.3) is 0 Å². The van der Waals surface area contributed by atoms with Crippen LogP contribution in [0, 0.1) is 45.8 Å². The Morgan fingerprint density at radius 2 is 1.71 bits per heavy atom. The molecule has 8 fully saturated rings. The lowest BCUT2D eigenvalue weighted by Gasteiger charge is -2.84. The fourth-order valence-corrected chi connectivity index (χ4v) is 11.4. The molecule has 2 N–H and O–H groups in total. The van der Waals surface area contributed by atoms with E-state index in [2.05, 4.69) is 20.4 Å². The van der Waals surface area contributed by atoms with Crippen molar-refractivity contribution < 1.29 is 48.3 Å². The number of rotatable bonds is 3. The van der Waals surface area contributed by atoms with Crippen molar-refractivity contribution in [3.8, 4) is 0 Å². The molecule has 0 radical (unpaired) electrons. The number of likely N-dealkylation sites (tertiary alicyclic amines) is 1. The number of ketones is 1. The third kappa shape index (κ3) is 3.58. The smallest absolute Gasteiger partial charge is 0.410 e. The van der Waals surface area contributed by atoms with E-state index >= 15 is 0 Å². The highest BCUT2D eigenvalue weighted by Crippen LogP contribution is 2.85. The van der Waals surface area contributed by atoms with Gasteiger partial charge in [0, 0.05) is 37.3 Å². The maximum atomic E-state index is 14.9. The number of ether oxygens (including phenoxy) is 4. The van der Waals surface area contributed by atoms with E-state index < -0.39 is 92.9 Å². The van der Waals surface area contributed by atoms with Crippen LogP contribution < -0.4 is 0 Å². The van der Waals surface area contributed by atoms with Crippen molar-refractivity contribution in [3.05, 3.63) is 12.2 Å². The summed E-state index contributed by atoms with van der Waals surface area (Å²) >= 11 is 0. The molecule has 2 bridgehead atoms. The standard InChI is InChI=1S/C34H47NO10/c1-17-20-8-9-21-31-16-42-34(41,25(37)24(31)30(6,7)13-10-22(31)43-18(2)36)32(21)23(20)33(17,27(32)39)44-26(38)19-11-14-35(15-12-19)28(40)45-29(3,4)5/h19-25,37,41H,1,8-16H2,2-7H3/t20-,21-,22-,23+,24+,25-,31+,32?,33?,34+/m0/s1. The van der Waals surface area contributed by atoms with Crippen molar-refractivity contribution in [2.45, 2.75) is 109 Å². The predicted molar refractivity (Wildman–Crippen MR) is 157 cm³/mol. The molecule has 45 heavy (non-hydrogen) atoms. The number of carbonyl (C=O) groups excluding carboxylic acids is 4. The molecule has 248 valence electrons. The Morgan fingerprint density at radius 3 is 2.33 bits per heavy atom. The second-order valence-electron chi connectivity index (χ2n) is 16.5. The van der Waals surface area contributed by atoms with Gasteiger partial charge in [-0.2, -0.15) is 0 Å². The molecule has 8 rings (SSSR count). The average Bonchev–Trinajstić information content (AvgIpc) is 2.96. The molecule has 10 atom stereocenters. The Hall–Kier alpha value is -2.50. The van der Waals surface area contributed by atoms with E-state index in [9.17, 15) is 29.4 Å². The van der Waals surface area contributed by atoms with Gasteiger partial charge >= 0.3 is 18.0 Å². The second kappa shape index (κ2) is 9.31. The molecule has 2 unspecified atom stereocenters. The first-order valence-electron chi connectivity index (χ1n) is 16.6. The number of aliphatic hydroxyl groups is 2. The summed E-state index contributed by atoms with van der Waals surface area (Å²) in [7, 11) is 0. The second-order valence-corrected chi connectivity index (χ2v) is 16.5. The Bertz CT molecular complexity index is 1380. The van der Waals surface area contributed by atoms with Crippen LogP contribution in [0.4, 0.5) is 4.79 Å². The number of hydrogen-bond donors (Lipinski definition) is 2. The van der Waals surface area contributed by atoms with Crippen LogP contribution in [0.2, 0.25) is 0 Å². The minimum absolute atomic E-state index is 0.0631. The highest BCUT2D eigenvalue weighted by Gasteiger charge is 2.97. The number of piperidine rings is 1. The fraction of sp³-hybridized carbons (Fsp3) is 0.824. The summed E-state index contributed by atoms with van der Waals surface area (Å²) in [6.45, 7) is 15.8. The van der Waals surface area contributed by atoms with Gasteiger partial charge < -0.3 is 34.1 Å². The van der Waals surface area contributed by atoms with Crippen molar-refractivity contribution in [3.63, 3.8) is 0 Å². The highest BCUT2D eigenvalue weighted by atomic mass is 16.7. The monoisotopic (exact) mass is 629 g/mol. The molecular weight excluding hydrogens is 582 g/mol. The maximum Gasteiger partial charge on any atom is 0.410 e. The quantitative estimate of drug-likeness (QED) is 0.271. The Balaban J connectivity index is 1.19. The molecule has 0 aromatic rings. The summed E-state index contributed by atoms with van der Waals surface area (Å²) in [6, 6.07) is 0. The van der Waals surface area contributed by atoms with E-state index in [0.29, 0.717) is 57.2 Å². The van der Waals surface area contributed by atoms with Crippen LogP contribution in [0.1, 0.15) is 80.1 Å². The van der Waals surface area contributed by atoms with Gasteiger partial charge in [0.15, 0.2) is 11.4 Å². The van der Waals surface area contributed by atoms with Gasteiger partial charge in [-0.25, -0.2) is 4.79 Å². The summed E-state index contributed by atoms with van der Waals surface area (Å²) < 4.78 is 23.8. The van der Waals surface area contributed by atoms with E-state index in [-0.39, 0.29) is 12.5 Å². The molecule has 8 aliphatic rings. The van der Waals surface area contributed by atoms with Gasteiger partial charge in [-0.15, -0.1) is 0 Å². The molecule has 3 saturated heterocycles. The van der Waals surface area contributed by atoms with Crippen molar-refractivity contribution in [2.75, 3.05) is 19.7 Å². The van der Waals surface area contributed by atoms with E-state index in [1.807, 2.05) is 0 Å². The van der Waals surface area contributed by atoms with Crippen molar-refractivity contribution in [1.29, 1.82) is 0 Å². The molecule has 11 heteroatoms. The lowest BCUT2D eigenvalue weighted by atomic mass is 9.21. The topological polar surface area (TPSA) is 149 Å². The number of fused-ring (bicyclic) bond motifs is 1. The first kappa shape index (κ1) is 31.1. The van der Waals surface area contributed by atoms with Gasteiger partial charge in [0.2, 0.25) is 5.79 Å². The van der Waals surface area contributed by atoms with Gasteiger partial charge in [-0.05, 0) is 82.1 Å². The van der Waals surface area contributed by atoms with Crippen LogP contribution in [0.3, 0.4) is 0 Å². The molecular formula is C34H47NO10. The third-order valence-corrected chi connectivity index (χ3v) is 12.9. The normalized spacial score (nSPS) is 46.1. The number of esters is 2. The molecule has 3 heterocycles. The number of hydrogen-bond acceptors (Lipinski definition) is 10. The zero-order valence-corrected chi connectivity index (χ0v) is 27.2. The molecule has 5 aliphatic carbocycles. The molecule has 0 aromatic heterocycles. The van der Waals surface area contributed by atoms with Gasteiger partial charge in [0.1, 0.15) is 23.2 Å². The largest absolute Gasteiger partial charge is 0.462 e. The summed E-state index contributed by atoms with van der Waals surface area (Å²) in [5.74, 6) is -5.81. The first-order chi connectivity index (χ1) is 20.9. The summed E-state index contributed by atoms with van der Waals surface area (Å²) in [5.41, 5.74) is -4.50. The average molecular weight is 630 g/mol. The lowest BCUT2D eigenvalue weighted by Crippen LogP contribution is -2.97. The molecule has 5 saturated carbocycles. The fourth-order valence-electron chi connectivity index (χ4n) is 11.4. The minimum Gasteiger partial charge on any atom is -0.462 e.